The molecule has 2 aromatic carbocycles. The van der Waals surface area contributed by atoms with Gasteiger partial charge in [-0.05, 0) is 75.2 Å². The van der Waals surface area contributed by atoms with Crippen molar-refractivity contribution in [1.82, 2.24) is 0 Å². The largest absolute Gasteiger partial charge is 0.494 e. The number of nitrogens with zero attached hydrogens (tertiary/aromatic N) is 2. The number of benzene rings is 2. The van der Waals surface area contributed by atoms with E-state index in [2.05, 4.69) is 0 Å². The van der Waals surface area contributed by atoms with Crippen LogP contribution < -0.4 is 18.1 Å². The fourth-order valence-corrected chi connectivity index (χ4v) is 4.47. The van der Waals surface area contributed by atoms with Crippen LogP contribution in [0.25, 0.3) is 0 Å². The second kappa shape index (κ2) is 10.9. The van der Waals surface area contributed by atoms with Gasteiger partial charge in [-0.25, -0.2) is 8.61 Å². The van der Waals surface area contributed by atoms with Gasteiger partial charge in [-0.3, -0.25) is 9.59 Å². The molecule has 2 rings (SSSR count). The highest BCUT2D eigenvalue weighted by atomic mass is 33.1. The molecule has 8 heteroatoms. The Morgan fingerprint density at radius 3 is 1.46 bits per heavy atom. The van der Waals surface area contributed by atoms with Crippen LogP contribution in [0.15, 0.2) is 36.4 Å². The van der Waals surface area contributed by atoms with Crippen LogP contribution in [0.5, 0.6) is 11.5 Å². The maximum Gasteiger partial charge on any atom is 0.224 e. The lowest BCUT2D eigenvalue weighted by molar-refractivity contribution is -0.107. The summed E-state index contributed by atoms with van der Waals surface area (Å²) >= 11 is 0. The van der Waals surface area contributed by atoms with E-state index in [0.29, 0.717) is 13.2 Å². The molecule has 0 aromatic heterocycles. The van der Waals surface area contributed by atoms with Crippen LogP contribution in [0, 0.1) is 13.8 Å². The van der Waals surface area contributed by atoms with Crippen molar-refractivity contribution < 1.29 is 19.1 Å². The van der Waals surface area contributed by atoms with Gasteiger partial charge in [0.25, 0.3) is 0 Å². The first-order chi connectivity index (χ1) is 13.5. The highest BCUT2D eigenvalue weighted by molar-refractivity contribution is 8.78. The number of ether oxygens (including phenoxy) is 2. The molecule has 0 unspecified atom stereocenters. The van der Waals surface area contributed by atoms with Crippen molar-refractivity contribution in [3.05, 3.63) is 47.5 Å². The number of rotatable bonds is 11. The monoisotopic (exact) mass is 420 g/mol. The van der Waals surface area contributed by atoms with Crippen LogP contribution in [0.1, 0.15) is 25.0 Å². The molecular weight excluding hydrogens is 396 g/mol. The fourth-order valence-electron chi connectivity index (χ4n) is 2.56. The normalized spacial score (nSPS) is 10.3. The lowest BCUT2D eigenvalue weighted by atomic mass is 10.2. The maximum absolute atomic E-state index is 11.6. The zero-order valence-corrected chi connectivity index (χ0v) is 18.0. The van der Waals surface area contributed by atoms with E-state index in [1.54, 1.807) is 0 Å². The van der Waals surface area contributed by atoms with Crippen molar-refractivity contribution in [1.29, 1.82) is 0 Å². The Morgan fingerprint density at radius 1 is 0.786 bits per heavy atom. The van der Waals surface area contributed by atoms with Gasteiger partial charge in [0.15, 0.2) is 0 Å². The van der Waals surface area contributed by atoms with Crippen molar-refractivity contribution in [2.75, 3.05) is 21.8 Å². The number of carbonyl (C=O) groups excluding carboxylic acids is 2. The van der Waals surface area contributed by atoms with Crippen molar-refractivity contribution in [3.63, 3.8) is 0 Å². The quantitative estimate of drug-likeness (QED) is 0.292. The van der Waals surface area contributed by atoms with Gasteiger partial charge in [0.1, 0.15) is 11.5 Å². The molecule has 6 nitrogen and oxygen atoms in total. The standard InChI is InChI=1S/C20H24N2O4S2/c1-5-25-17-7-9-19(15(3)11-17)21(13-23)27-28-22(14-24)20-10-8-18(26-6-2)12-16(20)4/h7-14H,5-6H2,1-4H3. The van der Waals surface area contributed by atoms with Crippen molar-refractivity contribution in [2.45, 2.75) is 27.7 Å². The molecule has 0 radical (unpaired) electrons. The van der Waals surface area contributed by atoms with Gasteiger partial charge in [-0.15, -0.1) is 0 Å². The summed E-state index contributed by atoms with van der Waals surface area (Å²) in [6, 6.07) is 11.1. The molecule has 0 bridgehead atoms. The van der Waals surface area contributed by atoms with E-state index in [4.69, 9.17) is 9.47 Å². The number of hydrogen-bond acceptors (Lipinski definition) is 6. The highest BCUT2D eigenvalue weighted by Gasteiger charge is 2.16. The van der Waals surface area contributed by atoms with E-state index >= 15 is 0 Å². The zero-order chi connectivity index (χ0) is 20.5. The molecular formula is C20H24N2O4S2. The average Bonchev–Trinajstić information content (AvgIpc) is 2.68. The van der Waals surface area contributed by atoms with E-state index in [0.717, 1.165) is 68.8 Å². The lowest BCUT2D eigenvalue weighted by Gasteiger charge is -2.22. The minimum absolute atomic E-state index is 0.580. The first kappa shape index (κ1) is 22.0. The molecule has 0 saturated carbocycles. The third-order valence-corrected chi connectivity index (χ3v) is 5.94. The third-order valence-electron chi connectivity index (χ3n) is 3.82. The van der Waals surface area contributed by atoms with Crippen LogP contribution in [-0.4, -0.2) is 26.0 Å². The van der Waals surface area contributed by atoms with Crippen molar-refractivity contribution in [3.8, 4) is 11.5 Å². The first-order valence-electron chi connectivity index (χ1n) is 8.84. The second-order valence-corrected chi connectivity index (χ2v) is 7.75. The first-order valence-corrected chi connectivity index (χ1v) is 10.9. The van der Waals surface area contributed by atoms with Gasteiger partial charge in [0.05, 0.1) is 46.5 Å². The number of carbonyl (C=O) groups is 2. The Balaban J connectivity index is 2.13. The van der Waals surface area contributed by atoms with E-state index < -0.39 is 0 Å². The molecule has 0 saturated heterocycles. The summed E-state index contributed by atoms with van der Waals surface area (Å²) in [5.41, 5.74) is 3.29. The Morgan fingerprint density at radius 2 is 1.18 bits per heavy atom. The predicted octanol–water partition coefficient (Wildman–Crippen LogP) is 4.94. The van der Waals surface area contributed by atoms with Crippen molar-refractivity contribution in [2.24, 2.45) is 0 Å². The van der Waals surface area contributed by atoms with E-state index in [-0.39, 0.29) is 0 Å². The third kappa shape index (κ3) is 5.59. The highest BCUT2D eigenvalue weighted by Crippen LogP contribution is 2.38. The smallest absolute Gasteiger partial charge is 0.224 e. The van der Waals surface area contributed by atoms with Gasteiger partial charge in [-0.1, -0.05) is 0 Å². The molecule has 0 N–H and O–H groups in total. The van der Waals surface area contributed by atoms with Gasteiger partial charge < -0.3 is 9.47 Å². The SMILES string of the molecule is CCOc1ccc(N(C=O)SSN(C=O)c2ccc(OCC)cc2C)c(C)c1. The Bertz CT molecular complexity index is 749. The molecule has 0 aliphatic carbocycles. The lowest BCUT2D eigenvalue weighted by Crippen LogP contribution is -2.16. The summed E-state index contributed by atoms with van der Waals surface area (Å²) in [7, 11) is 2.33. The molecule has 28 heavy (non-hydrogen) atoms. The molecule has 0 fully saturated rings. The van der Waals surface area contributed by atoms with E-state index in [1.165, 1.54) is 8.61 Å². The molecule has 0 atom stereocenters. The second-order valence-electron chi connectivity index (χ2n) is 5.77. The molecule has 0 heterocycles. The maximum atomic E-state index is 11.6. The Hall–Kier alpha value is -2.32. The van der Waals surface area contributed by atoms with E-state index in [1.807, 2.05) is 64.1 Å². The number of amides is 2. The molecule has 150 valence electrons. The minimum atomic E-state index is 0.580. The van der Waals surface area contributed by atoms with Crippen LogP contribution in [-0.2, 0) is 9.59 Å². The molecule has 2 amide bonds. The van der Waals surface area contributed by atoms with Crippen LogP contribution in [0.2, 0.25) is 0 Å². The summed E-state index contributed by atoms with van der Waals surface area (Å²) in [6.07, 6.45) is 1.46. The van der Waals surface area contributed by atoms with Gasteiger partial charge >= 0.3 is 0 Å². The zero-order valence-electron chi connectivity index (χ0n) is 16.4. The minimum Gasteiger partial charge on any atom is -0.494 e. The van der Waals surface area contributed by atoms with Crippen LogP contribution >= 0.6 is 22.0 Å². The van der Waals surface area contributed by atoms with Crippen LogP contribution in [0.3, 0.4) is 0 Å². The Labute approximate surface area is 173 Å². The summed E-state index contributed by atoms with van der Waals surface area (Å²) in [5.74, 6) is 1.51. The van der Waals surface area contributed by atoms with E-state index in [9.17, 15) is 9.59 Å². The summed E-state index contributed by atoms with van der Waals surface area (Å²) in [4.78, 5) is 23.3. The van der Waals surface area contributed by atoms with Gasteiger partial charge in [0.2, 0.25) is 12.8 Å². The number of anilines is 2. The molecule has 0 spiro atoms. The topological polar surface area (TPSA) is 59.1 Å². The predicted molar refractivity (Wildman–Crippen MR) is 117 cm³/mol. The van der Waals surface area contributed by atoms with Gasteiger partial charge in [-0.2, -0.15) is 0 Å². The van der Waals surface area contributed by atoms with Gasteiger partial charge in [0, 0.05) is 0 Å². The summed E-state index contributed by atoms with van der Waals surface area (Å²) in [5, 5.41) is 0. The average molecular weight is 421 g/mol. The fraction of sp³-hybridized carbons (Fsp3) is 0.300. The summed E-state index contributed by atoms with van der Waals surface area (Å²) in [6.45, 7) is 8.82. The number of aryl methyl sites for hydroxylation is 2. The van der Waals surface area contributed by atoms with Crippen LogP contribution in [0.4, 0.5) is 11.4 Å². The van der Waals surface area contributed by atoms with Crippen molar-refractivity contribution >= 4 is 46.2 Å². The summed E-state index contributed by atoms with van der Waals surface area (Å²) < 4.78 is 13.9. The molecule has 0 aliphatic heterocycles. The molecule has 0 aliphatic rings. The number of hydrogen-bond donors (Lipinski definition) is 0. The molecule has 2 aromatic rings. The Kier molecular flexibility index (Phi) is 8.53.